The topological polar surface area (TPSA) is 81.0 Å². The summed E-state index contributed by atoms with van der Waals surface area (Å²) in [6.45, 7) is 1.79. The normalized spacial score (nSPS) is 9.83. The van der Waals surface area contributed by atoms with E-state index in [1.165, 1.54) is 0 Å². The van der Waals surface area contributed by atoms with Crippen molar-refractivity contribution in [2.75, 3.05) is 12.3 Å². The first kappa shape index (κ1) is 8.51. The minimum absolute atomic E-state index is 0.172. The van der Waals surface area contributed by atoms with Crippen molar-refractivity contribution in [3.05, 3.63) is 11.5 Å². The van der Waals surface area contributed by atoms with Gasteiger partial charge in [-0.1, -0.05) is 0 Å². The third kappa shape index (κ3) is 1.36. The Labute approximate surface area is 67.7 Å². The summed E-state index contributed by atoms with van der Waals surface area (Å²) in [7, 11) is 0. The molecular formula is C6H8FN3O2. The molecule has 12 heavy (non-hydrogen) atoms. The van der Waals surface area contributed by atoms with Crippen molar-refractivity contribution in [1.82, 2.24) is 10.2 Å². The Morgan fingerprint density at radius 2 is 2.50 bits per heavy atom. The second kappa shape index (κ2) is 3.21. The number of nitrogens with one attached hydrogen (secondary N) is 1. The molecular weight excluding hydrogens is 165 g/mol. The van der Waals surface area contributed by atoms with Crippen LogP contribution in [0.4, 0.5) is 10.2 Å². The molecule has 0 aromatic carbocycles. The van der Waals surface area contributed by atoms with Gasteiger partial charge in [-0.3, -0.25) is 5.10 Å². The minimum Gasteiger partial charge on any atom is -0.461 e. The van der Waals surface area contributed by atoms with Gasteiger partial charge in [-0.05, 0) is 6.92 Å². The fourth-order valence-corrected chi connectivity index (χ4v) is 0.677. The Morgan fingerprint density at radius 1 is 1.83 bits per heavy atom. The van der Waals surface area contributed by atoms with Gasteiger partial charge in [-0.15, -0.1) is 0 Å². The highest BCUT2D eigenvalue weighted by Crippen LogP contribution is 2.10. The fraction of sp³-hybridized carbons (Fsp3) is 0.333. The minimum atomic E-state index is -0.867. The summed E-state index contributed by atoms with van der Waals surface area (Å²) in [5, 5.41) is 5.46. The van der Waals surface area contributed by atoms with Gasteiger partial charge in [0.25, 0.3) is 0 Å². The first-order valence-electron chi connectivity index (χ1n) is 3.33. The van der Waals surface area contributed by atoms with Crippen molar-refractivity contribution in [2.24, 2.45) is 0 Å². The molecule has 0 saturated carbocycles. The average Bonchev–Trinajstić information content (AvgIpc) is 2.34. The van der Waals surface area contributed by atoms with Crippen LogP contribution < -0.4 is 5.73 Å². The number of hydrogen-bond donors (Lipinski definition) is 2. The van der Waals surface area contributed by atoms with E-state index < -0.39 is 17.5 Å². The van der Waals surface area contributed by atoms with Crippen molar-refractivity contribution in [3.63, 3.8) is 0 Å². The second-order valence-corrected chi connectivity index (χ2v) is 2.02. The van der Waals surface area contributed by atoms with Crippen molar-refractivity contribution < 1.29 is 13.9 Å². The maximum absolute atomic E-state index is 12.8. The first-order chi connectivity index (χ1) is 5.66. The van der Waals surface area contributed by atoms with Crippen LogP contribution in [0.5, 0.6) is 0 Å². The number of nitrogen functional groups attached to an aromatic ring is 1. The maximum atomic E-state index is 12.8. The van der Waals surface area contributed by atoms with Gasteiger partial charge in [0.2, 0.25) is 5.69 Å². The van der Waals surface area contributed by atoms with Gasteiger partial charge in [0.15, 0.2) is 11.6 Å². The first-order valence-corrected chi connectivity index (χ1v) is 3.33. The Balaban J connectivity index is 2.88. The average molecular weight is 173 g/mol. The molecule has 0 atom stereocenters. The summed E-state index contributed by atoms with van der Waals surface area (Å²) in [6.07, 6.45) is 0. The molecule has 0 unspecified atom stereocenters. The lowest BCUT2D eigenvalue weighted by molar-refractivity contribution is 0.0514. The van der Waals surface area contributed by atoms with E-state index in [1.807, 2.05) is 0 Å². The lowest BCUT2D eigenvalue weighted by Crippen LogP contribution is -2.07. The quantitative estimate of drug-likeness (QED) is 0.630. The van der Waals surface area contributed by atoms with Crippen LogP contribution in [-0.4, -0.2) is 22.8 Å². The molecule has 1 heterocycles. The number of aromatic nitrogens is 2. The molecule has 0 saturated heterocycles. The number of H-pyrrole nitrogens is 1. The van der Waals surface area contributed by atoms with Crippen LogP contribution in [0.3, 0.4) is 0 Å². The van der Waals surface area contributed by atoms with Crippen molar-refractivity contribution in [2.45, 2.75) is 6.92 Å². The van der Waals surface area contributed by atoms with Gasteiger partial charge in [0.05, 0.1) is 6.61 Å². The Morgan fingerprint density at radius 3 is 2.92 bits per heavy atom. The predicted octanol–water partition coefficient (Wildman–Crippen LogP) is 0.308. The van der Waals surface area contributed by atoms with E-state index in [2.05, 4.69) is 14.9 Å². The predicted molar refractivity (Wildman–Crippen MR) is 38.9 cm³/mol. The third-order valence-electron chi connectivity index (χ3n) is 1.20. The SMILES string of the molecule is CCOC(=O)c1n[nH]c(N)c1F. The zero-order valence-electron chi connectivity index (χ0n) is 6.43. The summed E-state index contributed by atoms with van der Waals surface area (Å²) in [5.41, 5.74) is 4.67. The molecule has 0 aliphatic rings. The van der Waals surface area contributed by atoms with Crippen LogP contribution >= 0.6 is 0 Å². The molecule has 0 aliphatic carbocycles. The zero-order valence-corrected chi connectivity index (χ0v) is 6.43. The van der Waals surface area contributed by atoms with Gasteiger partial charge in [-0.25, -0.2) is 9.18 Å². The second-order valence-electron chi connectivity index (χ2n) is 2.02. The number of rotatable bonds is 2. The van der Waals surface area contributed by atoms with Crippen LogP contribution in [0.25, 0.3) is 0 Å². The largest absolute Gasteiger partial charge is 0.461 e. The van der Waals surface area contributed by atoms with E-state index in [9.17, 15) is 9.18 Å². The fourth-order valence-electron chi connectivity index (χ4n) is 0.677. The number of esters is 1. The summed E-state index contributed by atoms with van der Waals surface area (Å²) in [4.78, 5) is 10.9. The van der Waals surface area contributed by atoms with Crippen molar-refractivity contribution in [3.8, 4) is 0 Å². The van der Waals surface area contributed by atoms with Gasteiger partial charge in [-0.2, -0.15) is 5.10 Å². The summed E-state index contributed by atoms with van der Waals surface area (Å²) < 4.78 is 17.3. The van der Waals surface area contributed by atoms with Gasteiger partial charge >= 0.3 is 5.97 Å². The molecule has 0 spiro atoms. The van der Waals surface area contributed by atoms with E-state index in [-0.39, 0.29) is 12.4 Å². The highest BCUT2D eigenvalue weighted by Gasteiger charge is 2.18. The van der Waals surface area contributed by atoms with Crippen LogP contribution in [0, 0.1) is 5.82 Å². The summed E-state index contributed by atoms with van der Waals surface area (Å²) in [5.74, 6) is -1.95. The van der Waals surface area contributed by atoms with Gasteiger partial charge in [0.1, 0.15) is 0 Å². The molecule has 6 heteroatoms. The van der Waals surface area contributed by atoms with E-state index in [1.54, 1.807) is 6.92 Å². The van der Waals surface area contributed by atoms with Crippen LogP contribution in [-0.2, 0) is 4.74 Å². The van der Waals surface area contributed by atoms with E-state index in [0.717, 1.165) is 0 Å². The molecule has 66 valence electrons. The lowest BCUT2D eigenvalue weighted by atomic mass is 10.4. The molecule has 1 rings (SSSR count). The maximum Gasteiger partial charge on any atom is 0.362 e. The van der Waals surface area contributed by atoms with E-state index in [0.29, 0.717) is 0 Å². The lowest BCUT2D eigenvalue weighted by Gasteiger charge is -1.95. The summed E-state index contributed by atoms with van der Waals surface area (Å²) >= 11 is 0. The standard InChI is InChI=1S/C6H8FN3O2/c1-2-12-6(11)4-3(7)5(8)10-9-4/h2H2,1H3,(H3,8,9,10). The molecule has 0 aliphatic heterocycles. The number of carbonyl (C=O) groups is 1. The molecule has 0 fully saturated rings. The Hall–Kier alpha value is -1.59. The van der Waals surface area contributed by atoms with E-state index in [4.69, 9.17) is 5.73 Å². The van der Waals surface area contributed by atoms with E-state index >= 15 is 0 Å². The van der Waals surface area contributed by atoms with Crippen molar-refractivity contribution >= 4 is 11.8 Å². The van der Waals surface area contributed by atoms with Gasteiger partial charge in [0, 0.05) is 0 Å². The molecule has 1 aromatic rings. The number of aromatic amines is 1. The van der Waals surface area contributed by atoms with Crippen LogP contribution in [0.15, 0.2) is 0 Å². The number of nitrogens with two attached hydrogens (primary N) is 1. The third-order valence-corrected chi connectivity index (χ3v) is 1.20. The number of ether oxygens (including phenoxy) is 1. The Bertz CT molecular complexity index is 297. The molecule has 1 aromatic heterocycles. The highest BCUT2D eigenvalue weighted by molar-refractivity contribution is 5.88. The van der Waals surface area contributed by atoms with Gasteiger partial charge < -0.3 is 10.5 Å². The highest BCUT2D eigenvalue weighted by atomic mass is 19.1. The molecule has 3 N–H and O–H groups in total. The smallest absolute Gasteiger partial charge is 0.362 e. The Kier molecular flexibility index (Phi) is 2.27. The van der Waals surface area contributed by atoms with Crippen molar-refractivity contribution in [1.29, 1.82) is 0 Å². The number of halogens is 1. The molecule has 5 nitrogen and oxygen atoms in total. The molecule has 0 radical (unpaired) electrons. The number of carbonyl (C=O) groups excluding carboxylic acids is 1. The summed E-state index contributed by atoms with van der Waals surface area (Å²) in [6, 6.07) is 0. The molecule has 0 bridgehead atoms. The van der Waals surface area contributed by atoms with Crippen LogP contribution in [0.1, 0.15) is 17.4 Å². The van der Waals surface area contributed by atoms with Crippen LogP contribution in [0.2, 0.25) is 0 Å². The number of nitrogens with zero attached hydrogens (tertiary/aromatic N) is 1. The molecule has 0 amide bonds. The monoisotopic (exact) mass is 173 g/mol. The zero-order chi connectivity index (χ0) is 9.14. The number of hydrogen-bond acceptors (Lipinski definition) is 4. The number of anilines is 1.